The quantitative estimate of drug-likeness (QED) is 0.437. The molecular formula is C8H10ClNO2S2. The minimum absolute atomic E-state index is 0.344. The summed E-state index contributed by atoms with van der Waals surface area (Å²) in [4.78, 5) is 14.5. The van der Waals surface area contributed by atoms with Crippen molar-refractivity contribution in [2.24, 2.45) is 4.99 Å². The van der Waals surface area contributed by atoms with E-state index in [9.17, 15) is 4.79 Å². The predicted molar refractivity (Wildman–Crippen MR) is 63.3 cm³/mol. The Morgan fingerprint density at radius 3 is 3.21 bits per heavy atom. The number of ether oxygens (including phenoxy) is 1. The molecule has 3 nitrogen and oxygen atoms in total. The van der Waals surface area contributed by atoms with Crippen LogP contribution in [-0.4, -0.2) is 29.4 Å². The number of hydrogen-bond acceptors (Lipinski definition) is 5. The molecule has 0 aromatic carbocycles. The lowest BCUT2D eigenvalue weighted by Crippen LogP contribution is -1.99. The van der Waals surface area contributed by atoms with Crippen LogP contribution in [0.5, 0.6) is 0 Å². The molecule has 78 valence electrons. The molecule has 1 aliphatic rings. The second-order valence-corrected chi connectivity index (χ2v) is 5.15. The number of nitrogens with zero attached hydrogens (tertiary/aromatic N) is 1. The zero-order valence-corrected chi connectivity index (χ0v) is 9.83. The van der Waals surface area contributed by atoms with Gasteiger partial charge in [0.05, 0.1) is 0 Å². The van der Waals surface area contributed by atoms with Gasteiger partial charge in [0.15, 0.2) is 0 Å². The van der Waals surface area contributed by atoms with E-state index in [1.54, 1.807) is 21.6 Å². The molecule has 14 heavy (non-hydrogen) atoms. The number of dihydropyridines is 1. The van der Waals surface area contributed by atoms with Crippen LogP contribution < -0.4 is 0 Å². The van der Waals surface area contributed by atoms with Gasteiger partial charge in [0.2, 0.25) is 0 Å². The molecule has 0 spiro atoms. The first-order chi connectivity index (χ1) is 6.79. The third kappa shape index (κ3) is 5.57. The van der Waals surface area contributed by atoms with E-state index in [2.05, 4.69) is 15.8 Å². The van der Waals surface area contributed by atoms with Crippen molar-refractivity contribution in [2.45, 2.75) is 6.42 Å². The summed E-state index contributed by atoms with van der Waals surface area (Å²) in [6, 6.07) is 0. The predicted octanol–water partition coefficient (Wildman–Crippen LogP) is 3.10. The van der Waals surface area contributed by atoms with Crippen molar-refractivity contribution in [1.82, 2.24) is 0 Å². The highest BCUT2D eigenvalue weighted by Crippen LogP contribution is 2.24. The van der Waals surface area contributed by atoms with Gasteiger partial charge in [-0.25, -0.2) is 4.79 Å². The number of carbonyl (C=O) groups is 1. The van der Waals surface area contributed by atoms with Crippen LogP contribution in [0.3, 0.4) is 0 Å². The van der Waals surface area contributed by atoms with Crippen molar-refractivity contribution < 1.29 is 9.53 Å². The Labute approximate surface area is 95.7 Å². The highest BCUT2D eigenvalue weighted by atomic mass is 35.5. The summed E-state index contributed by atoms with van der Waals surface area (Å²) in [6.45, 7) is 1.22. The Kier molecular flexibility index (Phi) is 6.14. The highest BCUT2D eigenvalue weighted by molar-refractivity contribution is 8.82. The van der Waals surface area contributed by atoms with E-state index in [0.717, 1.165) is 23.8 Å². The normalized spacial score (nSPS) is 15.1. The number of rotatable bonds is 4. The fourth-order valence-corrected chi connectivity index (χ4v) is 2.67. The lowest BCUT2D eigenvalue weighted by molar-refractivity contribution is 0.181. The first-order valence-corrected chi connectivity index (χ1v) is 6.81. The van der Waals surface area contributed by atoms with Gasteiger partial charge in [-0.3, -0.25) is 4.99 Å². The standard InChI is InChI=1S/C8H10ClNO2S2/c9-8(11)12-5-6-13-14-7-3-1-2-4-10-7/h1,3H,2,4-6H2. The summed E-state index contributed by atoms with van der Waals surface area (Å²) in [5.74, 6) is 0.718. The first-order valence-electron chi connectivity index (χ1n) is 4.12. The summed E-state index contributed by atoms with van der Waals surface area (Å²) in [6.07, 6.45) is 5.14. The Morgan fingerprint density at radius 2 is 2.57 bits per heavy atom. The van der Waals surface area contributed by atoms with Crippen molar-refractivity contribution in [1.29, 1.82) is 0 Å². The summed E-state index contributed by atoms with van der Waals surface area (Å²) >= 11 is 4.99. The van der Waals surface area contributed by atoms with Gasteiger partial charge in [-0.05, 0) is 23.3 Å². The molecule has 0 unspecified atom stereocenters. The molecule has 0 saturated heterocycles. The third-order valence-electron chi connectivity index (χ3n) is 1.35. The molecule has 0 saturated carbocycles. The topological polar surface area (TPSA) is 38.7 Å². The number of carbonyl (C=O) groups excluding carboxylic acids is 1. The molecule has 6 heteroatoms. The molecule has 0 N–H and O–H groups in total. The molecule has 0 atom stereocenters. The van der Waals surface area contributed by atoms with Crippen LogP contribution in [0.4, 0.5) is 4.79 Å². The average molecular weight is 252 g/mol. The van der Waals surface area contributed by atoms with Gasteiger partial charge in [-0.2, -0.15) is 0 Å². The van der Waals surface area contributed by atoms with Gasteiger partial charge in [-0.15, -0.1) is 0 Å². The van der Waals surface area contributed by atoms with Gasteiger partial charge in [0.25, 0.3) is 0 Å². The smallest absolute Gasteiger partial charge is 0.403 e. The van der Waals surface area contributed by atoms with E-state index in [4.69, 9.17) is 11.6 Å². The maximum Gasteiger partial charge on any atom is 0.403 e. The first kappa shape index (κ1) is 11.9. The van der Waals surface area contributed by atoms with E-state index >= 15 is 0 Å². The van der Waals surface area contributed by atoms with Gasteiger partial charge < -0.3 is 4.74 Å². The number of halogens is 1. The van der Waals surface area contributed by atoms with Crippen LogP contribution in [-0.2, 0) is 4.74 Å². The van der Waals surface area contributed by atoms with E-state index in [0.29, 0.717) is 6.61 Å². The van der Waals surface area contributed by atoms with E-state index in [1.165, 1.54) is 0 Å². The monoisotopic (exact) mass is 251 g/mol. The number of hydrogen-bond donors (Lipinski definition) is 0. The second-order valence-electron chi connectivity index (χ2n) is 2.40. The van der Waals surface area contributed by atoms with Crippen molar-refractivity contribution in [3.8, 4) is 0 Å². The van der Waals surface area contributed by atoms with Crippen LogP contribution in [0.25, 0.3) is 0 Å². The van der Waals surface area contributed by atoms with Crippen molar-refractivity contribution >= 4 is 43.7 Å². The minimum atomic E-state index is -0.745. The molecule has 1 rings (SSSR count). The van der Waals surface area contributed by atoms with Gasteiger partial charge in [-0.1, -0.05) is 16.9 Å². The molecule has 0 radical (unpaired) electrons. The molecule has 0 fully saturated rings. The Hall–Kier alpha value is -0.130. The van der Waals surface area contributed by atoms with Crippen molar-refractivity contribution in [2.75, 3.05) is 18.9 Å². The van der Waals surface area contributed by atoms with Crippen LogP contribution in [0.2, 0.25) is 0 Å². The largest absolute Gasteiger partial charge is 0.453 e. The maximum atomic E-state index is 10.2. The minimum Gasteiger partial charge on any atom is -0.453 e. The molecule has 0 aromatic rings. The highest BCUT2D eigenvalue weighted by Gasteiger charge is 2.01. The Bertz CT molecular complexity index is 256. The SMILES string of the molecule is O=C(Cl)OCCSSC1=NCCC=C1. The van der Waals surface area contributed by atoms with Crippen LogP contribution in [0.15, 0.2) is 17.1 Å². The molecular weight excluding hydrogens is 242 g/mol. The van der Waals surface area contributed by atoms with Crippen molar-refractivity contribution in [3.63, 3.8) is 0 Å². The lowest BCUT2D eigenvalue weighted by Gasteiger charge is -2.04. The van der Waals surface area contributed by atoms with Gasteiger partial charge in [0.1, 0.15) is 11.7 Å². The zero-order valence-electron chi connectivity index (χ0n) is 7.44. The fourth-order valence-electron chi connectivity index (χ4n) is 0.798. The summed E-state index contributed by atoms with van der Waals surface area (Å²) in [5, 5.41) is 1.03. The van der Waals surface area contributed by atoms with Crippen LogP contribution >= 0.6 is 33.2 Å². The summed E-state index contributed by atoms with van der Waals surface area (Å²) in [7, 11) is 3.20. The van der Waals surface area contributed by atoms with Crippen LogP contribution in [0, 0.1) is 0 Å². The Morgan fingerprint density at radius 1 is 1.71 bits per heavy atom. The van der Waals surface area contributed by atoms with E-state index < -0.39 is 5.43 Å². The molecule has 0 bridgehead atoms. The second kappa shape index (κ2) is 7.20. The third-order valence-corrected chi connectivity index (χ3v) is 3.71. The van der Waals surface area contributed by atoms with E-state index in [-0.39, 0.29) is 0 Å². The van der Waals surface area contributed by atoms with Gasteiger partial charge in [0, 0.05) is 23.9 Å². The molecule has 0 aromatic heterocycles. The molecule has 1 aliphatic heterocycles. The maximum absolute atomic E-state index is 10.2. The van der Waals surface area contributed by atoms with Gasteiger partial charge >= 0.3 is 5.43 Å². The molecule has 0 amide bonds. The fraction of sp³-hybridized carbons (Fsp3) is 0.500. The average Bonchev–Trinajstić information content (AvgIpc) is 2.18. The van der Waals surface area contributed by atoms with Crippen LogP contribution in [0.1, 0.15) is 6.42 Å². The zero-order chi connectivity index (χ0) is 10.2. The lowest BCUT2D eigenvalue weighted by atomic mass is 10.3. The Balaban J connectivity index is 2.01. The number of aliphatic imine (C=N–C) groups is 1. The molecule has 0 aliphatic carbocycles. The van der Waals surface area contributed by atoms with E-state index in [1.807, 2.05) is 6.08 Å². The van der Waals surface area contributed by atoms with Crippen molar-refractivity contribution in [3.05, 3.63) is 12.2 Å². The molecule has 1 heterocycles. The summed E-state index contributed by atoms with van der Waals surface area (Å²) in [5.41, 5.74) is -0.745. The summed E-state index contributed by atoms with van der Waals surface area (Å²) < 4.78 is 4.57.